The second kappa shape index (κ2) is 14.4. The quantitative estimate of drug-likeness (QED) is 0.359. The number of carbonyl (C=O) groups is 1. The molecule has 1 saturated carbocycles. The number of likely N-dealkylation sites (tertiary alicyclic amines) is 1. The Morgan fingerprint density at radius 3 is 2.67 bits per heavy atom. The molecule has 1 amide bonds. The molecule has 1 aromatic carbocycles. The van der Waals surface area contributed by atoms with E-state index < -0.39 is 17.6 Å². The topological polar surface area (TPSA) is 61.8 Å². The number of piperidine rings is 1. The van der Waals surface area contributed by atoms with E-state index in [9.17, 15) is 18.7 Å². The summed E-state index contributed by atoms with van der Waals surface area (Å²) in [6, 6.07) is 6.49. The van der Waals surface area contributed by atoms with Crippen molar-refractivity contribution in [1.29, 1.82) is 0 Å². The van der Waals surface area contributed by atoms with Crippen LogP contribution in [0.15, 0.2) is 24.3 Å². The van der Waals surface area contributed by atoms with Crippen LogP contribution in [-0.2, 0) is 15.1 Å². The molecule has 1 heterocycles. The number of rotatable bonds is 13. The highest BCUT2D eigenvalue weighted by molar-refractivity contribution is 5.76. The van der Waals surface area contributed by atoms with Crippen LogP contribution in [0.1, 0.15) is 76.2 Å². The van der Waals surface area contributed by atoms with Crippen LogP contribution < -0.4 is 5.32 Å². The highest BCUT2D eigenvalue weighted by Gasteiger charge is 2.42. The maximum atomic E-state index is 14.9. The SMILES string of the molecule is CNC[C@@H](CC(=O)N1CCC[C@@H]([C@](O)(CCCCOC)c2ccccc2F)C1)CC1CCC(F)CC1. The van der Waals surface area contributed by atoms with Crippen LogP contribution in [-0.4, -0.2) is 62.5 Å². The van der Waals surface area contributed by atoms with Gasteiger partial charge in [-0.1, -0.05) is 18.2 Å². The van der Waals surface area contributed by atoms with Gasteiger partial charge in [0.1, 0.15) is 12.0 Å². The molecule has 0 spiro atoms. The number of hydrogen-bond acceptors (Lipinski definition) is 4. The molecule has 1 aliphatic heterocycles. The third-order valence-corrected chi connectivity index (χ3v) is 8.35. The van der Waals surface area contributed by atoms with Gasteiger partial charge in [0.05, 0.1) is 5.60 Å². The smallest absolute Gasteiger partial charge is 0.222 e. The fourth-order valence-corrected chi connectivity index (χ4v) is 6.34. The maximum absolute atomic E-state index is 14.9. The Morgan fingerprint density at radius 1 is 1.22 bits per heavy atom. The first kappa shape index (κ1) is 29.0. The van der Waals surface area contributed by atoms with E-state index >= 15 is 0 Å². The van der Waals surface area contributed by atoms with Gasteiger partial charge in [0.25, 0.3) is 0 Å². The molecule has 3 rings (SSSR count). The summed E-state index contributed by atoms with van der Waals surface area (Å²) in [7, 11) is 3.56. The molecule has 36 heavy (non-hydrogen) atoms. The number of halogens is 2. The highest BCUT2D eigenvalue weighted by atomic mass is 19.1. The van der Waals surface area contributed by atoms with Crippen molar-refractivity contribution in [2.45, 2.75) is 82.4 Å². The van der Waals surface area contributed by atoms with Crippen molar-refractivity contribution in [3.63, 3.8) is 0 Å². The molecule has 2 aliphatic rings. The zero-order chi connectivity index (χ0) is 26.0. The number of aliphatic hydroxyl groups is 1. The van der Waals surface area contributed by atoms with Gasteiger partial charge in [-0.2, -0.15) is 0 Å². The zero-order valence-electron chi connectivity index (χ0n) is 22.2. The van der Waals surface area contributed by atoms with Crippen molar-refractivity contribution in [2.24, 2.45) is 17.8 Å². The van der Waals surface area contributed by atoms with Crippen LogP contribution in [0.4, 0.5) is 8.78 Å². The number of amides is 1. The lowest BCUT2D eigenvalue weighted by atomic mass is 9.73. The average Bonchev–Trinajstić information content (AvgIpc) is 2.88. The van der Waals surface area contributed by atoms with E-state index in [2.05, 4.69) is 5.32 Å². The average molecular weight is 509 g/mol. The Labute approximate surface area is 216 Å². The summed E-state index contributed by atoms with van der Waals surface area (Å²) < 4.78 is 33.6. The molecule has 7 heteroatoms. The van der Waals surface area contributed by atoms with Gasteiger partial charge in [-0.3, -0.25) is 4.79 Å². The van der Waals surface area contributed by atoms with Crippen LogP contribution in [0.5, 0.6) is 0 Å². The number of carbonyl (C=O) groups excluding carboxylic acids is 1. The monoisotopic (exact) mass is 508 g/mol. The number of alkyl halides is 1. The lowest BCUT2D eigenvalue weighted by Crippen LogP contribution is -2.49. The highest BCUT2D eigenvalue weighted by Crippen LogP contribution is 2.41. The third kappa shape index (κ3) is 7.96. The van der Waals surface area contributed by atoms with Crippen molar-refractivity contribution in [3.8, 4) is 0 Å². The summed E-state index contributed by atoms with van der Waals surface area (Å²) >= 11 is 0. The van der Waals surface area contributed by atoms with Crippen molar-refractivity contribution in [2.75, 3.05) is 40.4 Å². The number of hydrogen-bond donors (Lipinski definition) is 2. The first-order valence-corrected chi connectivity index (χ1v) is 13.9. The Bertz CT molecular complexity index is 802. The number of unbranched alkanes of at least 4 members (excludes halogenated alkanes) is 1. The summed E-state index contributed by atoms with van der Waals surface area (Å²) in [5, 5.41) is 15.2. The van der Waals surface area contributed by atoms with Gasteiger partial charge in [-0.05, 0) is 95.7 Å². The van der Waals surface area contributed by atoms with Gasteiger partial charge < -0.3 is 20.1 Å². The van der Waals surface area contributed by atoms with Crippen molar-refractivity contribution in [3.05, 3.63) is 35.6 Å². The molecular formula is C29H46F2N2O3. The van der Waals surface area contributed by atoms with Gasteiger partial charge in [0.15, 0.2) is 0 Å². The van der Waals surface area contributed by atoms with E-state index in [1.165, 1.54) is 6.07 Å². The van der Waals surface area contributed by atoms with E-state index in [1.54, 1.807) is 25.3 Å². The van der Waals surface area contributed by atoms with E-state index in [0.717, 1.165) is 45.1 Å². The molecule has 0 bridgehead atoms. The van der Waals surface area contributed by atoms with Crippen molar-refractivity contribution < 1.29 is 23.4 Å². The fraction of sp³-hybridized carbons (Fsp3) is 0.759. The van der Waals surface area contributed by atoms with Gasteiger partial charge in [-0.15, -0.1) is 0 Å². The Morgan fingerprint density at radius 2 is 1.97 bits per heavy atom. The van der Waals surface area contributed by atoms with Crippen molar-refractivity contribution >= 4 is 5.91 Å². The minimum atomic E-state index is -1.33. The van der Waals surface area contributed by atoms with Crippen LogP contribution in [0.3, 0.4) is 0 Å². The predicted octanol–water partition coefficient (Wildman–Crippen LogP) is 5.21. The van der Waals surface area contributed by atoms with Crippen LogP contribution >= 0.6 is 0 Å². The van der Waals surface area contributed by atoms with Gasteiger partial charge in [-0.25, -0.2) is 8.78 Å². The molecule has 2 fully saturated rings. The fourth-order valence-electron chi connectivity index (χ4n) is 6.34. The second-order valence-corrected chi connectivity index (χ2v) is 11.0. The third-order valence-electron chi connectivity index (χ3n) is 8.35. The minimum absolute atomic E-state index is 0.106. The first-order valence-electron chi connectivity index (χ1n) is 13.9. The summed E-state index contributed by atoms with van der Waals surface area (Å²) in [6.45, 7) is 2.47. The van der Waals surface area contributed by atoms with Crippen LogP contribution in [0.25, 0.3) is 0 Å². The standard InChI is InChI=1S/C29H46F2N2O3/c1-32-20-23(18-22-11-13-25(30)14-12-22)19-28(34)33-16-7-8-24(21-33)29(35,15-5-6-17-36-2)26-9-3-4-10-27(26)31/h3-4,9-10,22-25,32,35H,5-8,11-21H2,1-2H3/t22?,23-,24-,25?,29-/m1/s1. The Balaban J connectivity index is 1.67. The largest absolute Gasteiger partial charge is 0.385 e. The van der Waals surface area contributed by atoms with Gasteiger partial charge >= 0.3 is 0 Å². The summed E-state index contributed by atoms with van der Waals surface area (Å²) in [5.41, 5.74) is -0.994. The van der Waals surface area contributed by atoms with E-state index in [1.807, 2.05) is 11.9 Å². The molecule has 0 radical (unpaired) electrons. The van der Waals surface area contributed by atoms with Gasteiger partial charge in [0, 0.05) is 44.7 Å². The van der Waals surface area contributed by atoms with E-state index in [-0.39, 0.29) is 17.7 Å². The Kier molecular flexibility index (Phi) is 11.6. The number of ether oxygens (including phenoxy) is 1. The van der Waals surface area contributed by atoms with Gasteiger partial charge in [0.2, 0.25) is 5.91 Å². The molecule has 5 nitrogen and oxygen atoms in total. The zero-order valence-corrected chi connectivity index (χ0v) is 22.2. The molecule has 2 N–H and O–H groups in total. The maximum Gasteiger partial charge on any atom is 0.222 e. The lowest BCUT2D eigenvalue weighted by Gasteiger charge is -2.43. The normalized spacial score (nSPS) is 25.4. The second-order valence-electron chi connectivity index (χ2n) is 11.0. The predicted molar refractivity (Wildman–Crippen MR) is 139 cm³/mol. The number of nitrogens with one attached hydrogen (secondary N) is 1. The molecule has 0 aromatic heterocycles. The number of methoxy groups -OCH3 is 1. The van der Waals surface area contributed by atoms with Crippen molar-refractivity contribution in [1.82, 2.24) is 10.2 Å². The van der Waals surface area contributed by atoms with Crippen LogP contribution in [0, 0.1) is 23.6 Å². The molecule has 1 aliphatic carbocycles. The molecular weight excluding hydrogens is 462 g/mol. The first-order chi connectivity index (χ1) is 17.4. The minimum Gasteiger partial charge on any atom is -0.385 e. The van der Waals surface area contributed by atoms with Crippen LogP contribution in [0.2, 0.25) is 0 Å². The van der Waals surface area contributed by atoms with E-state index in [4.69, 9.17) is 4.74 Å². The lowest BCUT2D eigenvalue weighted by molar-refractivity contribution is -0.138. The summed E-state index contributed by atoms with van der Waals surface area (Å²) in [5.74, 6) is 0.179. The summed E-state index contributed by atoms with van der Waals surface area (Å²) in [6.07, 6.45) is 7.29. The molecule has 204 valence electrons. The summed E-state index contributed by atoms with van der Waals surface area (Å²) in [4.78, 5) is 15.3. The molecule has 1 saturated heterocycles. The number of nitrogens with zero attached hydrogens (tertiary/aromatic N) is 1. The number of benzene rings is 1. The molecule has 0 unspecified atom stereocenters. The molecule has 3 atom stereocenters. The Hall–Kier alpha value is -1.57. The molecule has 1 aromatic rings. The van der Waals surface area contributed by atoms with E-state index in [0.29, 0.717) is 63.3 Å².